The van der Waals surface area contributed by atoms with E-state index in [1.165, 1.54) is 0 Å². The molecule has 3 heteroatoms. The molecule has 1 saturated heterocycles. The van der Waals surface area contributed by atoms with Gasteiger partial charge in [0, 0.05) is 18.2 Å². The van der Waals surface area contributed by atoms with Gasteiger partial charge in [0.1, 0.15) is 0 Å². The van der Waals surface area contributed by atoms with E-state index in [1.807, 2.05) is 0 Å². The van der Waals surface area contributed by atoms with Crippen LogP contribution in [0.4, 0.5) is 0 Å². The molecule has 0 amide bonds. The van der Waals surface area contributed by atoms with Crippen molar-refractivity contribution < 1.29 is 4.74 Å². The van der Waals surface area contributed by atoms with Crippen LogP contribution >= 0.6 is 0 Å². The van der Waals surface area contributed by atoms with Gasteiger partial charge in [-0.3, -0.25) is 0 Å². The standard InChI is InChI=1S/C11H24N2O/c1-9(2)10(12)4-6-13-11(3)5-7-14-8-11/h9-10,13H,4-8,12H2,1-3H3. The van der Waals surface area contributed by atoms with Gasteiger partial charge in [-0.1, -0.05) is 13.8 Å². The first kappa shape index (κ1) is 12.0. The van der Waals surface area contributed by atoms with Gasteiger partial charge < -0.3 is 15.8 Å². The summed E-state index contributed by atoms with van der Waals surface area (Å²) >= 11 is 0. The maximum absolute atomic E-state index is 5.97. The van der Waals surface area contributed by atoms with Gasteiger partial charge in [-0.25, -0.2) is 0 Å². The smallest absolute Gasteiger partial charge is 0.0646 e. The fourth-order valence-electron chi connectivity index (χ4n) is 1.68. The van der Waals surface area contributed by atoms with Gasteiger partial charge in [-0.05, 0) is 32.2 Å². The lowest BCUT2D eigenvalue weighted by Gasteiger charge is -2.25. The SMILES string of the molecule is CC(C)C(N)CCNC1(C)CCOC1. The average Bonchev–Trinajstić information content (AvgIpc) is 2.52. The Labute approximate surface area is 87.4 Å². The summed E-state index contributed by atoms with van der Waals surface area (Å²) in [5, 5.41) is 3.54. The Hall–Kier alpha value is -0.120. The van der Waals surface area contributed by atoms with Gasteiger partial charge in [0.2, 0.25) is 0 Å². The Morgan fingerprint density at radius 1 is 1.50 bits per heavy atom. The minimum absolute atomic E-state index is 0.191. The lowest BCUT2D eigenvalue weighted by molar-refractivity contribution is 0.171. The van der Waals surface area contributed by atoms with E-state index in [9.17, 15) is 0 Å². The minimum Gasteiger partial charge on any atom is -0.379 e. The summed E-state index contributed by atoms with van der Waals surface area (Å²) in [6.07, 6.45) is 2.16. The minimum atomic E-state index is 0.191. The van der Waals surface area contributed by atoms with Crippen LogP contribution in [0.1, 0.15) is 33.6 Å². The van der Waals surface area contributed by atoms with Crippen molar-refractivity contribution in [2.75, 3.05) is 19.8 Å². The highest BCUT2D eigenvalue weighted by Crippen LogP contribution is 2.17. The molecule has 1 fully saturated rings. The second kappa shape index (κ2) is 5.10. The Morgan fingerprint density at radius 3 is 2.71 bits per heavy atom. The number of hydrogen-bond acceptors (Lipinski definition) is 3. The molecule has 2 atom stereocenters. The summed E-state index contributed by atoms with van der Waals surface area (Å²) in [6.45, 7) is 9.29. The van der Waals surface area contributed by atoms with E-state index in [1.54, 1.807) is 0 Å². The lowest BCUT2D eigenvalue weighted by atomic mass is 9.99. The predicted octanol–water partition coefficient (Wildman–Crippen LogP) is 1.13. The fraction of sp³-hybridized carbons (Fsp3) is 1.00. The highest BCUT2D eigenvalue weighted by molar-refractivity contribution is 4.87. The molecule has 0 aromatic rings. The molecule has 0 bridgehead atoms. The summed E-state index contributed by atoms with van der Waals surface area (Å²) in [7, 11) is 0. The van der Waals surface area contributed by atoms with Gasteiger partial charge in [0.25, 0.3) is 0 Å². The van der Waals surface area contributed by atoms with Crippen LogP contribution in [0.5, 0.6) is 0 Å². The molecule has 1 aliphatic rings. The van der Waals surface area contributed by atoms with Crippen LogP contribution in [0.25, 0.3) is 0 Å². The normalized spacial score (nSPS) is 29.8. The number of hydrogen-bond donors (Lipinski definition) is 2. The Balaban J connectivity index is 2.14. The van der Waals surface area contributed by atoms with Crippen molar-refractivity contribution >= 4 is 0 Å². The molecule has 3 N–H and O–H groups in total. The van der Waals surface area contributed by atoms with E-state index in [4.69, 9.17) is 10.5 Å². The van der Waals surface area contributed by atoms with Gasteiger partial charge in [-0.15, -0.1) is 0 Å². The van der Waals surface area contributed by atoms with Crippen LogP contribution in [0.3, 0.4) is 0 Å². The first-order chi connectivity index (χ1) is 6.53. The van der Waals surface area contributed by atoms with E-state index in [0.29, 0.717) is 12.0 Å². The second-order valence-corrected chi connectivity index (χ2v) is 4.99. The summed E-state index contributed by atoms with van der Waals surface area (Å²) in [5.74, 6) is 0.574. The van der Waals surface area contributed by atoms with E-state index in [0.717, 1.165) is 32.6 Å². The maximum atomic E-state index is 5.97. The first-order valence-electron chi connectivity index (χ1n) is 5.62. The fourth-order valence-corrected chi connectivity index (χ4v) is 1.68. The van der Waals surface area contributed by atoms with Crippen LogP contribution in [0.15, 0.2) is 0 Å². The van der Waals surface area contributed by atoms with E-state index in [2.05, 4.69) is 26.1 Å². The molecule has 84 valence electrons. The van der Waals surface area contributed by atoms with Crippen molar-refractivity contribution in [2.24, 2.45) is 11.7 Å². The van der Waals surface area contributed by atoms with Crippen LogP contribution in [-0.4, -0.2) is 31.3 Å². The van der Waals surface area contributed by atoms with Crippen molar-refractivity contribution in [1.82, 2.24) is 5.32 Å². The summed E-state index contributed by atoms with van der Waals surface area (Å²) < 4.78 is 5.37. The highest BCUT2D eigenvalue weighted by atomic mass is 16.5. The quantitative estimate of drug-likeness (QED) is 0.699. The zero-order valence-corrected chi connectivity index (χ0v) is 9.68. The predicted molar refractivity (Wildman–Crippen MR) is 59.3 cm³/mol. The van der Waals surface area contributed by atoms with Crippen molar-refractivity contribution in [3.8, 4) is 0 Å². The van der Waals surface area contributed by atoms with Gasteiger partial charge >= 0.3 is 0 Å². The van der Waals surface area contributed by atoms with Gasteiger partial charge in [0.15, 0.2) is 0 Å². The monoisotopic (exact) mass is 200 g/mol. The zero-order valence-electron chi connectivity index (χ0n) is 9.68. The third kappa shape index (κ3) is 3.56. The molecule has 0 aromatic carbocycles. The molecule has 1 heterocycles. The summed E-state index contributed by atoms with van der Waals surface area (Å²) in [4.78, 5) is 0. The number of ether oxygens (including phenoxy) is 1. The number of rotatable bonds is 5. The van der Waals surface area contributed by atoms with Gasteiger partial charge in [-0.2, -0.15) is 0 Å². The average molecular weight is 200 g/mol. The Kier molecular flexibility index (Phi) is 4.35. The Bertz CT molecular complexity index is 165. The summed E-state index contributed by atoms with van der Waals surface area (Å²) in [6, 6.07) is 0.313. The second-order valence-electron chi connectivity index (χ2n) is 4.99. The van der Waals surface area contributed by atoms with Crippen LogP contribution in [0, 0.1) is 5.92 Å². The topological polar surface area (TPSA) is 47.3 Å². The number of nitrogens with two attached hydrogens (primary N) is 1. The molecule has 3 nitrogen and oxygen atoms in total. The van der Waals surface area contributed by atoms with Crippen LogP contribution in [0.2, 0.25) is 0 Å². The molecule has 0 saturated carbocycles. The molecular weight excluding hydrogens is 176 g/mol. The molecule has 0 spiro atoms. The first-order valence-corrected chi connectivity index (χ1v) is 5.62. The van der Waals surface area contributed by atoms with Gasteiger partial charge in [0.05, 0.1) is 6.61 Å². The highest BCUT2D eigenvalue weighted by Gasteiger charge is 2.28. The molecule has 0 aliphatic carbocycles. The molecule has 1 rings (SSSR count). The van der Waals surface area contributed by atoms with Crippen molar-refractivity contribution in [2.45, 2.75) is 45.2 Å². The van der Waals surface area contributed by atoms with E-state index in [-0.39, 0.29) is 5.54 Å². The Morgan fingerprint density at radius 2 is 2.21 bits per heavy atom. The lowest BCUT2D eigenvalue weighted by Crippen LogP contribution is -2.45. The van der Waals surface area contributed by atoms with Crippen molar-refractivity contribution in [3.05, 3.63) is 0 Å². The zero-order chi connectivity index (χ0) is 10.6. The van der Waals surface area contributed by atoms with E-state index >= 15 is 0 Å². The largest absolute Gasteiger partial charge is 0.379 e. The maximum Gasteiger partial charge on any atom is 0.0646 e. The molecule has 0 radical (unpaired) electrons. The number of nitrogens with one attached hydrogen (secondary N) is 1. The third-order valence-electron chi connectivity index (χ3n) is 3.10. The molecule has 2 unspecified atom stereocenters. The van der Waals surface area contributed by atoms with Crippen molar-refractivity contribution in [1.29, 1.82) is 0 Å². The molecule has 1 aliphatic heterocycles. The van der Waals surface area contributed by atoms with E-state index < -0.39 is 0 Å². The molecule has 14 heavy (non-hydrogen) atoms. The third-order valence-corrected chi connectivity index (χ3v) is 3.10. The molecular formula is C11H24N2O. The van der Waals surface area contributed by atoms with Crippen LogP contribution < -0.4 is 11.1 Å². The van der Waals surface area contributed by atoms with Crippen molar-refractivity contribution in [3.63, 3.8) is 0 Å². The molecule has 0 aromatic heterocycles. The van der Waals surface area contributed by atoms with Crippen LogP contribution in [-0.2, 0) is 4.74 Å². The summed E-state index contributed by atoms with van der Waals surface area (Å²) in [5.41, 5.74) is 6.16.